The summed E-state index contributed by atoms with van der Waals surface area (Å²) in [7, 11) is 1.63. The predicted molar refractivity (Wildman–Crippen MR) is 120 cm³/mol. The summed E-state index contributed by atoms with van der Waals surface area (Å²) < 4.78 is 10.3. The molecule has 1 fully saturated rings. The van der Waals surface area contributed by atoms with Gasteiger partial charge in [0.15, 0.2) is 0 Å². The summed E-state index contributed by atoms with van der Waals surface area (Å²) in [4.78, 5) is 14.7. The number of carbonyl (C=O) groups is 1. The molecule has 2 aromatic carbocycles. The van der Waals surface area contributed by atoms with Crippen LogP contribution in [0.5, 0.6) is 0 Å². The Morgan fingerprint density at radius 3 is 2.32 bits per heavy atom. The van der Waals surface area contributed by atoms with Crippen molar-refractivity contribution in [2.75, 3.05) is 46.6 Å². The first-order valence-electron chi connectivity index (χ1n) is 11.5. The molecular weight excluding hydrogens is 388 g/mol. The molecule has 1 amide bonds. The van der Waals surface area contributed by atoms with Crippen molar-refractivity contribution in [1.82, 2.24) is 10.2 Å². The number of rotatable bonds is 8. The SMILES string of the molecule is COCCOCC(=O)NC1CCN(CC23CC(c4ccccc42)c2ccccc23)CC1. The quantitative estimate of drug-likeness (QED) is 0.667. The standard InChI is InChI=1S/C26H32N2O3/c1-30-14-15-31-17-25(29)27-19-10-12-28(13-11-19)18-26-16-22(20-6-2-4-8-23(20)26)21-7-3-5-9-24(21)26/h2-9,19,22H,10-18H2,1H3,(H,27,29). The molecule has 1 aliphatic heterocycles. The van der Waals surface area contributed by atoms with Crippen molar-refractivity contribution in [2.45, 2.75) is 36.6 Å². The van der Waals surface area contributed by atoms with Crippen LogP contribution < -0.4 is 5.32 Å². The first-order chi connectivity index (χ1) is 15.2. The van der Waals surface area contributed by atoms with Gasteiger partial charge in [-0.05, 0) is 41.5 Å². The summed E-state index contributed by atoms with van der Waals surface area (Å²) in [6, 6.07) is 18.4. The first kappa shape index (κ1) is 20.7. The van der Waals surface area contributed by atoms with Gasteiger partial charge in [0, 0.05) is 44.1 Å². The summed E-state index contributed by atoms with van der Waals surface area (Å²) in [5.74, 6) is 0.521. The van der Waals surface area contributed by atoms with E-state index in [2.05, 4.69) is 58.7 Å². The average Bonchev–Trinajstić information content (AvgIpc) is 3.30. The van der Waals surface area contributed by atoms with Crippen LogP contribution in [0.4, 0.5) is 0 Å². The van der Waals surface area contributed by atoms with Crippen LogP contribution in [-0.2, 0) is 19.7 Å². The summed E-state index contributed by atoms with van der Waals surface area (Å²) in [6.07, 6.45) is 3.18. The largest absolute Gasteiger partial charge is 0.382 e. The zero-order valence-electron chi connectivity index (χ0n) is 18.3. The Balaban J connectivity index is 1.22. The van der Waals surface area contributed by atoms with E-state index in [4.69, 9.17) is 9.47 Å². The van der Waals surface area contributed by atoms with Crippen molar-refractivity contribution in [1.29, 1.82) is 0 Å². The number of piperidine rings is 1. The minimum Gasteiger partial charge on any atom is -0.382 e. The molecule has 5 nitrogen and oxygen atoms in total. The lowest BCUT2D eigenvalue weighted by atomic mass is 9.74. The Bertz CT molecular complexity index is 888. The van der Waals surface area contributed by atoms with Crippen LogP contribution in [0.3, 0.4) is 0 Å². The number of amides is 1. The highest BCUT2D eigenvalue weighted by Gasteiger charge is 2.53. The summed E-state index contributed by atoms with van der Waals surface area (Å²) in [5, 5.41) is 3.14. The Morgan fingerprint density at radius 1 is 1.03 bits per heavy atom. The van der Waals surface area contributed by atoms with E-state index in [1.165, 1.54) is 28.7 Å². The lowest BCUT2D eigenvalue weighted by molar-refractivity contribution is -0.127. The second kappa shape index (κ2) is 8.73. The molecule has 5 rings (SSSR count). The average molecular weight is 421 g/mol. The maximum Gasteiger partial charge on any atom is 0.246 e. The van der Waals surface area contributed by atoms with Gasteiger partial charge >= 0.3 is 0 Å². The molecule has 1 N–H and O–H groups in total. The topological polar surface area (TPSA) is 50.8 Å². The third-order valence-corrected chi connectivity index (χ3v) is 7.37. The normalized spacial score (nSPS) is 24.7. The van der Waals surface area contributed by atoms with E-state index in [0.717, 1.165) is 32.5 Å². The van der Waals surface area contributed by atoms with Crippen molar-refractivity contribution in [3.05, 3.63) is 70.8 Å². The molecule has 164 valence electrons. The van der Waals surface area contributed by atoms with Crippen molar-refractivity contribution in [3.8, 4) is 0 Å². The Morgan fingerprint density at radius 2 is 1.68 bits per heavy atom. The Kier molecular flexibility index (Phi) is 5.83. The molecule has 0 atom stereocenters. The van der Waals surface area contributed by atoms with Crippen LogP contribution in [0.25, 0.3) is 0 Å². The minimum absolute atomic E-state index is 0.0228. The lowest BCUT2D eigenvalue weighted by Gasteiger charge is -2.40. The highest BCUT2D eigenvalue weighted by atomic mass is 16.5. The first-order valence-corrected chi connectivity index (χ1v) is 11.5. The van der Waals surface area contributed by atoms with Crippen LogP contribution in [0, 0.1) is 0 Å². The van der Waals surface area contributed by atoms with Crippen LogP contribution in [0.2, 0.25) is 0 Å². The summed E-state index contributed by atoms with van der Waals surface area (Å²) in [6.45, 7) is 4.19. The van der Waals surface area contributed by atoms with E-state index in [1.807, 2.05) is 0 Å². The third-order valence-electron chi connectivity index (χ3n) is 7.37. The van der Waals surface area contributed by atoms with Crippen molar-refractivity contribution in [3.63, 3.8) is 0 Å². The van der Waals surface area contributed by atoms with Gasteiger partial charge in [-0.25, -0.2) is 0 Å². The molecule has 1 saturated heterocycles. The van der Waals surface area contributed by atoms with Crippen LogP contribution >= 0.6 is 0 Å². The number of nitrogens with one attached hydrogen (secondary N) is 1. The molecule has 0 radical (unpaired) electrons. The number of nitrogens with zero attached hydrogens (tertiary/aromatic N) is 1. The molecule has 2 aromatic rings. The number of benzene rings is 2. The van der Waals surface area contributed by atoms with Gasteiger partial charge in [0.2, 0.25) is 5.91 Å². The van der Waals surface area contributed by atoms with Gasteiger partial charge in [-0.15, -0.1) is 0 Å². The molecule has 0 aromatic heterocycles. The Hall–Kier alpha value is -2.21. The molecule has 31 heavy (non-hydrogen) atoms. The molecule has 0 saturated carbocycles. The molecule has 0 unspecified atom stereocenters. The number of carbonyl (C=O) groups excluding carboxylic acids is 1. The van der Waals surface area contributed by atoms with Gasteiger partial charge in [-0.2, -0.15) is 0 Å². The number of ether oxygens (including phenoxy) is 2. The predicted octanol–water partition coefficient (Wildman–Crippen LogP) is 3.07. The van der Waals surface area contributed by atoms with E-state index >= 15 is 0 Å². The summed E-state index contributed by atoms with van der Waals surface area (Å²) in [5.41, 5.74) is 6.22. The van der Waals surface area contributed by atoms with Gasteiger partial charge in [0.25, 0.3) is 0 Å². The van der Waals surface area contributed by atoms with E-state index in [0.29, 0.717) is 19.1 Å². The number of hydrogen-bond acceptors (Lipinski definition) is 4. The molecule has 2 bridgehead atoms. The maximum atomic E-state index is 12.1. The number of likely N-dealkylation sites (tertiary alicyclic amines) is 1. The van der Waals surface area contributed by atoms with Crippen molar-refractivity contribution in [2.24, 2.45) is 0 Å². The van der Waals surface area contributed by atoms with Gasteiger partial charge in [-0.3, -0.25) is 4.79 Å². The van der Waals surface area contributed by atoms with E-state index in [-0.39, 0.29) is 24.0 Å². The van der Waals surface area contributed by atoms with Crippen molar-refractivity contribution < 1.29 is 14.3 Å². The lowest BCUT2D eigenvalue weighted by Crippen LogP contribution is -2.49. The number of methoxy groups -OCH3 is 1. The molecule has 1 heterocycles. The van der Waals surface area contributed by atoms with Crippen molar-refractivity contribution >= 4 is 5.91 Å². The van der Waals surface area contributed by atoms with E-state index in [9.17, 15) is 4.79 Å². The second-order valence-electron chi connectivity index (χ2n) is 9.18. The Labute approximate surface area is 184 Å². The molecular formula is C26H32N2O3. The highest BCUT2D eigenvalue weighted by molar-refractivity contribution is 5.77. The number of fused-ring (bicyclic) bond motifs is 8. The van der Waals surface area contributed by atoms with Gasteiger partial charge in [0.1, 0.15) is 6.61 Å². The summed E-state index contributed by atoms with van der Waals surface area (Å²) >= 11 is 0. The van der Waals surface area contributed by atoms with E-state index < -0.39 is 0 Å². The third kappa shape index (κ3) is 3.79. The van der Waals surface area contributed by atoms with Crippen LogP contribution in [-0.4, -0.2) is 63.4 Å². The van der Waals surface area contributed by atoms with Gasteiger partial charge in [0.05, 0.1) is 13.2 Å². The van der Waals surface area contributed by atoms with Crippen LogP contribution in [0.1, 0.15) is 47.4 Å². The minimum atomic E-state index is -0.0228. The molecule has 3 aliphatic rings. The fourth-order valence-corrected chi connectivity index (χ4v) is 6.00. The highest BCUT2D eigenvalue weighted by Crippen LogP contribution is 2.60. The zero-order valence-corrected chi connectivity index (χ0v) is 18.3. The fraction of sp³-hybridized carbons (Fsp3) is 0.500. The van der Waals surface area contributed by atoms with Gasteiger partial charge in [-0.1, -0.05) is 48.5 Å². The molecule has 5 heteroatoms. The monoisotopic (exact) mass is 420 g/mol. The second-order valence-corrected chi connectivity index (χ2v) is 9.18. The molecule has 2 aliphatic carbocycles. The maximum absolute atomic E-state index is 12.1. The number of hydrogen-bond donors (Lipinski definition) is 1. The smallest absolute Gasteiger partial charge is 0.246 e. The van der Waals surface area contributed by atoms with Gasteiger partial charge < -0.3 is 19.7 Å². The fourth-order valence-electron chi connectivity index (χ4n) is 6.00. The zero-order chi connectivity index (χ0) is 21.3. The van der Waals surface area contributed by atoms with Crippen LogP contribution in [0.15, 0.2) is 48.5 Å². The molecule has 0 spiro atoms. The van der Waals surface area contributed by atoms with E-state index in [1.54, 1.807) is 7.11 Å².